The van der Waals surface area contributed by atoms with E-state index in [4.69, 9.17) is 21.9 Å². The molecule has 264 valence electrons. The van der Waals surface area contributed by atoms with E-state index in [2.05, 4.69) is 23.3 Å². The first-order chi connectivity index (χ1) is 23.5. The summed E-state index contributed by atoms with van der Waals surface area (Å²) < 4.78 is 42.3. The zero-order valence-corrected chi connectivity index (χ0v) is 28.7. The lowest BCUT2D eigenvalue weighted by atomic mass is 10.1. The first-order valence-electron chi connectivity index (χ1n) is 17.3. The maximum atomic E-state index is 13.7. The van der Waals surface area contributed by atoms with Crippen LogP contribution in [-0.4, -0.2) is 63.8 Å². The lowest BCUT2D eigenvalue weighted by Crippen LogP contribution is -2.35. The number of amidine groups is 1. The summed E-state index contributed by atoms with van der Waals surface area (Å²) in [6, 6.07) is 18.2. The van der Waals surface area contributed by atoms with E-state index in [1.807, 2.05) is 30.3 Å². The van der Waals surface area contributed by atoms with Crippen LogP contribution in [0, 0.1) is 5.41 Å². The molecular formula is C38H50F3N7O. The van der Waals surface area contributed by atoms with Gasteiger partial charge in [0.15, 0.2) is 0 Å². The minimum Gasteiger partial charge on any atom is -0.384 e. The number of carbonyl (C=O) groups is 1. The van der Waals surface area contributed by atoms with Crippen LogP contribution in [0.5, 0.6) is 0 Å². The van der Waals surface area contributed by atoms with Gasteiger partial charge >= 0.3 is 6.18 Å². The van der Waals surface area contributed by atoms with Crippen molar-refractivity contribution in [3.05, 3.63) is 100 Å². The van der Waals surface area contributed by atoms with Crippen molar-refractivity contribution in [2.45, 2.75) is 78.1 Å². The molecule has 0 unspecified atom stereocenters. The molecule has 4 aromatic rings. The Morgan fingerprint density at radius 3 is 2.16 bits per heavy atom. The molecule has 5 N–H and O–H groups in total. The molecule has 0 radical (unpaired) electrons. The van der Waals surface area contributed by atoms with Crippen molar-refractivity contribution in [3.63, 3.8) is 0 Å². The predicted molar refractivity (Wildman–Crippen MR) is 191 cm³/mol. The number of fused-ring (bicyclic) bond motifs is 1. The number of aryl methyl sites for hydroxylation is 3. The molecule has 0 fully saturated rings. The van der Waals surface area contributed by atoms with Gasteiger partial charge < -0.3 is 25.8 Å². The maximum Gasteiger partial charge on any atom is 0.416 e. The molecule has 11 heteroatoms. The minimum atomic E-state index is -4.47. The highest BCUT2D eigenvalue weighted by molar-refractivity contribution is 5.97. The largest absolute Gasteiger partial charge is 0.416 e. The van der Waals surface area contributed by atoms with E-state index in [0.29, 0.717) is 28.6 Å². The highest BCUT2D eigenvalue weighted by Crippen LogP contribution is 2.30. The first kappa shape index (κ1) is 37.6. The molecular weight excluding hydrogens is 627 g/mol. The molecule has 1 heterocycles. The van der Waals surface area contributed by atoms with E-state index in [1.165, 1.54) is 23.8 Å². The van der Waals surface area contributed by atoms with Gasteiger partial charge in [-0.15, -0.1) is 0 Å². The molecule has 4 rings (SSSR count). The summed E-state index contributed by atoms with van der Waals surface area (Å²) in [4.78, 5) is 22.8. The normalized spacial score (nSPS) is 11.8. The Hall–Kier alpha value is -4.22. The summed E-state index contributed by atoms with van der Waals surface area (Å²) >= 11 is 0. The molecule has 0 aliphatic heterocycles. The fourth-order valence-corrected chi connectivity index (χ4v) is 6.07. The van der Waals surface area contributed by atoms with E-state index in [9.17, 15) is 18.0 Å². The van der Waals surface area contributed by atoms with Gasteiger partial charge in [0.1, 0.15) is 11.7 Å². The third-order valence-corrected chi connectivity index (χ3v) is 8.80. The lowest BCUT2D eigenvalue weighted by Gasteiger charge is -2.23. The molecule has 0 atom stereocenters. The second-order valence-electron chi connectivity index (χ2n) is 12.6. The highest BCUT2D eigenvalue weighted by atomic mass is 19.4. The van der Waals surface area contributed by atoms with Crippen LogP contribution in [-0.2, 0) is 32.1 Å². The van der Waals surface area contributed by atoms with Crippen LogP contribution >= 0.6 is 0 Å². The fourth-order valence-electron chi connectivity index (χ4n) is 6.07. The van der Waals surface area contributed by atoms with E-state index in [-0.39, 0.29) is 31.4 Å². The van der Waals surface area contributed by atoms with Crippen LogP contribution in [0.1, 0.15) is 84.4 Å². The number of hydrogen-bond acceptors (Lipinski definition) is 5. The third kappa shape index (κ3) is 10.6. The quantitative estimate of drug-likeness (QED) is 0.0729. The number of nitrogen functional groups attached to an aromatic ring is 1. The fraction of sp³-hybridized carbons (Fsp3) is 0.447. The Kier molecular flexibility index (Phi) is 13.8. The summed E-state index contributed by atoms with van der Waals surface area (Å²) in [5.74, 6) is 0.645. The Morgan fingerprint density at radius 2 is 1.53 bits per heavy atom. The number of amides is 1. The van der Waals surface area contributed by atoms with Crippen molar-refractivity contribution >= 4 is 22.8 Å². The number of aromatic nitrogens is 2. The number of hydrogen-bond donors (Lipinski definition) is 3. The van der Waals surface area contributed by atoms with Crippen LogP contribution in [0.2, 0.25) is 0 Å². The number of benzene rings is 3. The van der Waals surface area contributed by atoms with Gasteiger partial charge in [0.05, 0.1) is 16.6 Å². The summed E-state index contributed by atoms with van der Waals surface area (Å²) in [6.07, 6.45) is 2.60. The average Bonchev–Trinajstić information content (AvgIpc) is 3.44. The van der Waals surface area contributed by atoms with Gasteiger partial charge in [-0.3, -0.25) is 10.2 Å². The van der Waals surface area contributed by atoms with E-state index in [1.54, 1.807) is 18.2 Å². The molecule has 0 saturated heterocycles. The van der Waals surface area contributed by atoms with Crippen LogP contribution in [0.4, 0.5) is 13.2 Å². The number of halogens is 3. The van der Waals surface area contributed by atoms with Gasteiger partial charge in [-0.1, -0.05) is 63.1 Å². The van der Waals surface area contributed by atoms with Crippen molar-refractivity contribution in [3.8, 4) is 0 Å². The molecule has 0 bridgehead atoms. The van der Waals surface area contributed by atoms with Crippen molar-refractivity contribution in [2.75, 3.05) is 32.7 Å². The molecule has 1 amide bonds. The van der Waals surface area contributed by atoms with E-state index in [0.717, 1.165) is 80.9 Å². The second-order valence-corrected chi connectivity index (χ2v) is 12.6. The van der Waals surface area contributed by atoms with Gasteiger partial charge in [0.25, 0.3) is 5.91 Å². The van der Waals surface area contributed by atoms with Crippen LogP contribution in [0.15, 0.2) is 66.7 Å². The SMILES string of the molecule is CCCCN(CCCC)CCCn1c(CCc2ccc(C(=N)N)cc2)nc2cc(C(=O)N(CCN)Cc3cccc(C(F)(F)F)c3)ccc21. The van der Waals surface area contributed by atoms with Crippen molar-refractivity contribution in [2.24, 2.45) is 11.5 Å². The average molecular weight is 678 g/mol. The minimum absolute atomic E-state index is 0.00661. The van der Waals surface area contributed by atoms with Crippen LogP contribution in [0.25, 0.3) is 11.0 Å². The standard InChI is InChI=1S/C38H50F3N7O/c1-3-5-20-46(21-6-4-2)22-8-23-48-34-17-16-31(26-33(34)45-35(48)18-13-28-11-14-30(15-12-28)36(43)44)37(49)47(24-19-42)27-29-9-7-10-32(25-29)38(39,40)41/h7,9-12,14-17,25-26H,3-6,8,13,18-24,27,42H2,1-2H3,(H3,43,44). The summed E-state index contributed by atoms with van der Waals surface area (Å²) in [5.41, 5.74) is 14.9. The van der Waals surface area contributed by atoms with Gasteiger partial charge in [0.2, 0.25) is 0 Å². The molecule has 0 aliphatic carbocycles. The molecule has 8 nitrogen and oxygen atoms in total. The smallest absolute Gasteiger partial charge is 0.384 e. The third-order valence-electron chi connectivity index (χ3n) is 8.80. The zero-order valence-electron chi connectivity index (χ0n) is 28.7. The van der Waals surface area contributed by atoms with Crippen molar-refractivity contribution in [1.82, 2.24) is 19.4 Å². The maximum absolute atomic E-state index is 13.7. The number of unbranched alkanes of at least 4 members (excludes halogenated alkanes) is 2. The molecule has 49 heavy (non-hydrogen) atoms. The Bertz CT molecular complexity index is 1660. The number of nitrogens with one attached hydrogen (secondary N) is 1. The van der Waals surface area contributed by atoms with Gasteiger partial charge in [-0.2, -0.15) is 13.2 Å². The lowest BCUT2D eigenvalue weighted by molar-refractivity contribution is -0.137. The molecule has 0 aliphatic rings. The second kappa shape index (κ2) is 18.0. The Labute approximate surface area is 287 Å². The van der Waals surface area contributed by atoms with Crippen LogP contribution in [0.3, 0.4) is 0 Å². The predicted octanol–water partition coefficient (Wildman–Crippen LogP) is 7.02. The van der Waals surface area contributed by atoms with Gasteiger partial charge in [-0.25, -0.2) is 4.98 Å². The molecule has 3 aromatic carbocycles. The number of nitrogens with zero attached hydrogens (tertiary/aromatic N) is 4. The molecule has 1 aromatic heterocycles. The topological polar surface area (TPSA) is 117 Å². The Balaban J connectivity index is 1.59. The number of imidazole rings is 1. The number of alkyl halides is 3. The summed E-state index contributed by atoms with van der Waals surface area (Å²) in [7, 11) is 0. The summed E-state index contributed by atoms with van der Waals surface area (Å²) in [6.45, 7) is 8.77. The number of carbonyl (C=O) groups excluding carboxylic acids is 1. The van der Waals surface area contributed by atoms with Gasteiger partial charge in [-0.05, 0) is 86.8 Å². The highest BCUT2D eigenvalue weighted by Gasteiger charge is 2.30. The number of nitrogens with two attached hydrogens (primary N) is 2. The van der Waals surface area contributed by atoms with E-state index >= 15 is 0 Å². The molecule has 0 saturated carbocycles. The van der Waals surface area contributed by atoms with E-state index < -0.39 is 11.7 Å². The monoisotopic (exact) mass is 677 g/mol. The number of rotatable bonds is 19. The van der Waals surface area contributed by atoms with Crippen molar-refractivity contribution in [1.29, 1.82) is 5.41 Å². The first-order valence-corrected chi connectivity index (χ1v) is 17.3. The van der Waals surface area contributed by atoms with Crippen LogP contribution < -0.4 is 11.5 Å². The Morgan fingerprint density at radius 1 is 0.857 bits per heavy atom. The zero-order chi connectivity index (χ0) is 35.4. The van der Waals surface area contributed by atoms with Crippen molar-refractivity contribution < 1.29 is 18.0 Å². The van der Waals surface area contributed by atoms with Gasteiger partial charge in [0, 0.05) is 43.7 Å². The molecule has 0 spiro atoms. The summed E-state index contributed by atoms with van der Waals surface area (Å²) in [5, 5.41) is 7.67.